The minimum absolute atomic E-state index is 0.330. The minimum Gasteiger partial charge on any atom is -0.385 e. The Morgan fingerprint density at radius 3 is 3.22 bits per heavy atom. The first-order valence-corrected chi connectivity index (χ1v) is 7.06. The molecule has 1 N–H and O–H groups in total. The molecule has 3 heteroatoms. The summed E-state index contributed by atoms with van der Waals surface area (Å²) in [5, 5.41) is 3.51. The molecule has 1 aromatic carbocycles. The number of benzene rings is 1. The van der Waals surface area contributed by atoms with Gasteiger partial charge in [-0.3, -0.25) is 0 Å². The van der Waals surface area contributed by atoms with E-state index in [-0.39, 0.29) is 0 Å². The predicted molar refractivity (Wildman–Crippen MR) is 75.5 cm³/mol. The summed E-state index contributed by atoms with van der Waals surface area (Å²) < 4.78 is 5.71. The lowest BCUT2D eigenvalue weighted by Crippen LogP contribution is -2.30. The molecule has 3 rings (SSSR count). The van der Waals surface area contributed by atoms with Crippen LogP contribution in [0.15, 0.2) is 18.2 Å². The van der Waals surface area contributed by atoms with E-state index >= 15 is 0 Å². The fourth-order valence-electron chi connectivity index (χ4n) is 2.87. The van der Waals surface area contributed by atoms with Crippen LogP contribution in [0.5, 0.6) is 0 Å². The molecule has 1 fully saturated rings. The Bertz CT molecular complexity index is 419. The summed E-state index contributed by atoms with van der Waals surface area (Å²) in [5.74, 6) is 0. The van der Waals surface area contributed by atoms with Gasteiger partial charge >= 0.3 is 0 Å². The number of rotatable bonds is 1. The van der Waals surface area contributed by atoms with Crippen molar-refractivity contribution in [1.29, 1.82) is 0 Å². The standard InChI is InChI=1S/C15H22N2O/c1-12-11-17(8-3-9-18-12)14-6-5-13-4-2-7-16-15(13)10-14/h5-6,10,12,16H,2-4,7-9,11H2,1H3. The van der Waals surface area contributed by atoms with E-state index in [4.69, 9.17) is 4.74 Å². The van der Waals surface area contributed by atoms with Crippen LogP contribution in [-0.4, -0.2) is 32.3 Å². The maximum Gasteiger partial charge on any atom is 0.0721 e. The molecule has 0 aromatic heterocycles. The number of nitrogens with zero attached hydrogens (tertiary/aromatic N) is 1. The molecule has 0 radical (unpaired) electrons. The normalized spacial score (nSPS) is 24.1. The molecule has 1 saturated heterocycles. The van der Waals surface area contributed by atoms with Crippen molar-refractivity contribution in [2.75, 3.05) is 36.5 Å². The van der Waals surface area contributed by atoms with E-state index in [1.807, 2.05) is 0 Å². The molecular formula is C15H22N2O. The van der Waals surface area contributed by atoms with E-state index in [1.54, 1.807) is 0 Å². The summed E-state index contributed by atoms with van der Waals surface area (Å²) in [6, 6.07) is 6.86. The smallest absolute Gasteiger partial charge is 0.0721 e. The lowest BCUT2D eigenvalue weighted by molar-refractivity contribution is 0.0821. The molecule has 2 heterocycles. The van der Waals surface area contributed by atoms with Gasteiger partial charge in [-0.1, -0.05) is 6.07 Å². The van der Waals surface area contributed by atoms with Crippen LogP contribution in [0.25, 0.3) is 0 Å². The van der Waals surface area contributed by atoms with Crippen molar-refractivity contribution < 1.29 is 4.74 Å². The number of aryl methyl sites for hydroxylation is 1. The number of anilines is 2. The minimum atomic E-state index is 0.330. The quantitative estimate of drug-likeness (QED) is 0.824. The van der Waals surface area contributed by atoms with Crippen LogP contribution in [0.4, 0.5) is 11.4 Å². The Kier molecular flexibility index (Phi) is 3.41. The van der Waals surface area contributed by atoms with Gasteiger partial charge in [-0.25, -0.2) is 0 Å². The largest absolute Gasteiger partial charge is 0.385 e. The van der Waals surface area contributed by atoms with Crippen molar-refractivity contribution in [3.8, 4) is 0 Å². The van der Waals surface area contributed by atoms with Crippen molar-refractivity contribution in [1.82, 2.24) is 0 Å². The van der Waals surface area contributed by atoms with E-state index in [9.17, 15) is 0 Å². The average Bonchev–Trinajstić information content (AvgIpc) is 2.63. The maximum absolute atomic E-state index is 5.71. The second kappa shape index (κ2) is 5.19. The Hall–Kier alpha value is -1.22. The number of nitrogens with one attached hydrogen (secondary N) is 1. The van der Waals surface area contributed by atoms with Crippen LogP contribution < -0.4 is 10.2 Å². The van der Waals surface area contributed by atoms with Gasteiger partial charge in [-0.05, 0) is 43.9 Å². The van der Waals surface area contributed by atoms with Crippen LogP contribution >= 0.6 is 0 Å². The van der Waals surface area contributed by atoms with E-state index in [0.717, 1.165) is 32.7 Å². The highest BCUT2D eigenvalue weighted by Crippen LogP contribution is 2.28. The van der Waals surface area contributed by atoms with Gasteiger partial charge in [0.05, 0.1) is 6.10 Å². The molecule has 1 aromatic rings. The fraction of sp³-hybridized carbons (Fsp3) is 0.600. The van der Waals surface area contributed by atoms with Gasteiger partial charge in [0.15, 0.2) is 0 Å². The first kappa shape index (κ1) is 11.8. The fourth-order valence-corrected chi connectivity index (χ4v) is 2.87. The highest BCUT2D eigenvalue weighted by atomic mass is 16.5. The lowest BCUT2D eigenvalue weighted by Gasteiger charge is -2.27. The first-order chi connectivity index (χ1) is 8.83. The number of fused-ring (bicyclic) bond motifs is 1. The Labute approximate surface area is 109 Å². The topological polar surface area (TPSA) is 24.5 Å². The molecule has 18 heavy (non-hydrogen) atoms. The molecule has 1 unspecified atom stereocenters. The van der Waals surface area contributed by atoms with Crippen LogP contribution in [0.2, 0.25) is 0 Å². The van der Waals surface area contributed by atoms with Crippen molar-refractivity contribution in [3.05, 3.63) is 23.8 Å². The van der Waals surface area contributed by atoms with Gasteiger partial charge in [0.2, 0.25) is 0 Å². The summed E-state index contributed by atoms with van der Waals surface area (Å²) in [6.07, 6.45) is 3.91. The van der Waals surface area contributed by atoms with Gasteiger partial charge in [0.1, 0.15) is 0 Å². The van der Waals surface area contributed by atoms with E-state index < -0.39 is 0 Å². The van der Waals surface area contributed by atoms with Crippen molar-refractivity contribution in [2.45, 2.75) is 32.3 Å². The number of hydrogen-bond acceptors (Lipinski definition) is 3. The van der Waals surface area contributed by atoms with Crippen LogP contribution in [0, 0.1) is 0 Å². The Morgan fingerprint density at radius 2 is 2.28 bits per heavy atom. The molecule has 2 aliphatic heterocycles. The second-order valence-corrected chi connectivity index (χ2v) is 5.35. The predicted octanol–water partition coefficient (Wildman–Crippen LogP) is 2.66. The number of ether oxygens (including phenoxy) is 1. The lowest BCUT2D eigenvalue weighted by atomic mass is 10.0. The molecule has 0 amide bonds. The van der Waals surface area contributed by atoms with E-state index in [0.29, 0.717) is 6.10 Å². The highest BCUT2D eigenvalue weighted by molar-refractivity contribution is 5.63. The van der Waals surface area contributed by atoms with Crippen LogP contribution in [0.1, 0.15) is 25.3 Å². The SMILES string of the molecule is CC1CN(c2ccc3c(c2)NCCC3)CCCO1. The molecule has 0 bridgehead atoms. The third-order valence-electron chi connectivity index (χ3n) is 3.85. The third kappa shape index (κ3) is 2.46. The molecule has 2 aliphatic rings. The zero-order valence-electron chi connectivity index (χ0n) is 11.1. The Morgan fingerprint density at radius 1 is 1.33 bits per heavy atom. The van der Waals surface area contributed by atoms with Crippen LogP contribution in [0.3, 0.4) is 0 Å². The number of hydrogen-bond donors (Lipinski definition) is 1. The highest BCUT2D eigenvalue weighted by Gasteiger charge is 2.17. The van der Waals surface area contributed by atoms with Gasteiger partial charge in [-0.15, -0.1) is 0 Å². The maximum atomic E-state index is 5.71. The van der Waals surface area contributed by atoms with Gasteiger partial charge in [-0.2, -0.15) is 0 Å². The second-order valence-electron chi connectivity index (χ2n) is 5.35. The average molecular weight is 246 g/mol. The molecule has 1 atom stereocenters. The molecule has 3 nitrogen and oxygen atoms in total. The zero-order chi connectivity index (χ0) is 12.4. The Balaban J connectivity index is 1.82. The molecule has 0 aliphatic carbocycles. The van der Waals surface area contributed by atoms with E-state index in [1.165, 1.54) is 29.8 Å². The third-order valence-corrected chi connectivity index (χ3v) is 3.85. The van der Waals surface area contributed by atoms with Crippen molar-refractivity contribution >= 4 is 11.4 Å². The zero-order valence-corrected chi connectivity index (χ0v) is 11.1. The summed E-state index contributed by atoms with van der Waals surface area (Å²) in [7, 11) is 0. The van der Waals surface area contributed by atoms with Gasteiger partial charge in [0.25, 0.3) is 0 Å². The summed E-state index contributed by atoms with van der Waals surface area (Å²) in [6.45, 7) is 6.26. The first-order valence-electron chi connectivity index (χ1n) is 7.06. The molecular weight excluding hydrogens is 224 g/mol. The van der Waals surface area contributed by atoms with Gasteiger partial charge < -0.3 is 15.0 Å². The monoisotopic (exact) mass is 246 g/mol. The molecule has 0 spiro atoms. The summed E-state index contributed by atoms with van der Waals surface area (Å²) in [5.41, 5.74) is 4.13. The summed E-state index contributed by atoms with van der Waals surface area (Å²) >= 11 is 0. The van der Waals surface area contributed by atoms with Gasteiger partial charge in [0, 0.05) is 37.6 Å². The van der Waals surface area contributed by atoms with Crippen molar-refractivity contribution in [3.63, 3.8) is 0 Å². The summed E-state index contributed by atoms with van der Waals surface area (Å²) in [4.78, 5) is 2.45. The van der Waals surface area contributed by atoms with E-state index in [2.05, 4.69) is 35.3 Å². The molecule has 0 saturated carbocycles. The van der Waals surface area contributed by atoms with Crippen molar-refractivity contribution in [2.24, 2.45) is 0 Å². The molecule has 98 valence electrons. The van der Waals surface area contributed by atoms with Crippen LogP contribution in [-0.2, 0) is 11.2 Å².